The van der Waals surface area contributed by atoms with Crippen molar-refractivity contribution < 1.29 is 17.9 Å². The summed E-state index contributed by atoms with van der Waals surface area (Å²) in [5, 5.41) is 2.05. The number of ether oxygens (including phenoxy) is 1. The first kappa shape index (κ1) is 20.4. The maximum absolute atomic E-state index is 12.7. The van der Waals surface area contributed by atoms with Crippen LogP contribution in [0.3, 0.4) is 0 Å². The van der Waals surface area contributed by atoms with Crippen molar-refractivity contribution in [1.82, 2.24) is 4.98 Å². The molecule has 0 bridgehead atoms. The number of carbonyl (C=O) groups excluding carboxylic acids is 1. The second kappa shape index (κ2) is 7.73. The van der Waals surface area contributed by atoms with E-state index < -0.39 is 10.0 Å². The number of sulfonamides is 1. The number of hydrogen-bond donors (Lipinski definition) is 1. The van der Waals surface area contributed by atoms with Gasteiger partial charge in [0, 0.05) is 18.0 Å². The van der Waals surface area contributed by atoms with Gasteiger partial charge in [-0.05, 0) is 41.8 Å². The zero-order valence-corrected chi connectivity index (χ0v) is 18.4. The quantitative estimate of drug-likeness (QED) is 0.642. The van der Waals surface area contributed by atoms with Gasteiger partial charge < -0.3 is 9.64 Å². The monoisotopic (exact) mass is 443 g/mol. The number of fused-ring (bicyclic) bond motifs is 1. The minimum atomic E-state index is -3.73. The second-order valence-corrected chi connectivity index (χ2v) is 9.83. The summed E-state index contributed by atoms with van der Waals surface area (Å²) < 4.78 is 33.4. The van der Waals surface area contributed by atoms with E-state index in [1.165, 1.54) is 11.3 Å². The summed E-state index contributed by atoms with van der Waals surface area (Å²) in [7, 11) is -2.04. The molecule has 0 atom stereocenters. The number of carbonyl (C=O) groups is 1. The maximum atomic E-state index is 12.7. The minimum Gasteiger partial charge on any atom is -0.482 e. The molecule has 4 rings (SSSR count). The Morgan fingerprint density at radius 2 is 1.90 bits per heavy atom. The van der Waals surface area contributed by atoms with Gasteiger partial charge >= 0.3 is 0 Å². The summed E-state index contributed by atoms with van der Waals surface area (Å²) in [5.41, 5.74) is 3.11. The number of likely N-dealkylation sites (N-methyl/N-ethyl adjacent to an activating group) is 1. The van der Waals surface area contributed by atoms with Crippen molar-refractivity contribution in [3.63, 3.8) is 0 Å². The molecule has 0 unspecified atom stereocenters. The molecule has 1 aromatic heterocycles. The Bertz CT molecular complexity index is 1200. The van der Waals surface area contributed by atoms with E-state index >= 15 is 0 Å². The van der Waals surface area contributed by atoms with E-state index in [0.717, 1.165) is 11.1 Å². The molecule has 2 heterocycles. The Labute approximate surface area is 179 Å². The van der Waals surface area contributed by atoms with Gasteiger partial charge in [0.05, 0.1) is 16.3 Å². The predicted octanol–water partition coefficient (Wildman–Crippen LogP) is 4.09. The van der Waals surface area contributed by atoms with Gasteiger partial charge in [-0.1, -0.05) is 26.0 Å². The fraction of sp³-hybridized carbons (Fsp3) is 0.238. The first-order valence-corrected chi connectivity index (χ1v) is 11.7. The maximum Gasteiger partial charge on any atom is 0.264 e. The van der Waals surface area contributed by atoms with Crippen molar-refractivity contribution in [2.75, 3.05) is 23.3 Å². The zero-order chi connectivity index (χ0) is 21.5. The highest BCUT2D eigenvalue weighted by atomic mass is 32.2. The molecule has 1 aliphatic rings. The summed E-state index contributed by atoms with van der Waals surface area (Å²) >= 11 is 1.20. The predicted molar refractivity (Wildman–Crippen MR) is 118 cm³/mol. The standard InChI is InChI=1S/C21H21N3O4S2/c1-13(2)14-4-7-16(8-5-14)30(26,27)23-21-22-17(12-29-21)15-6-9-19-18(10-15)24(3)20(25)11-28-19/h4-10,12-13H,11H2,1-3H3,(H,22,23). The molecule has 0 aliphatic carbocycles. The first-order chi connectivity index (χ1) is 14.2. The molecule has 0 fully saturated rings. The number of anilines is 2. The van der Waals surface area contributed by atoms with Crippen molar-refractivity contribution >= 4 is 38.1 Å². The number of nitrogens with one attached hydrogen (secondary N) is 1. The van der Waals surface area contributed by atoms with Crippen LogP contribution in [0, 0.1) is 0 Å². The van der Waals surface area contributed by atoms with Crippen molar-refractivity contribution in [2.24, 2.45) is 0 Å². The molecule has 7 nitrogen and oxygen atoms in total. The summed E-state index contributed by atoms with van der Waals surface area (Å²) in [6.07, 6.45) is 0. The number of benzene rings is 2. The third-order valence-electron chi connectivity index (χ3n) is 4.92. The molecular weight excluding hydrogens is 422 g/mol. The number of aromatic nitrogens is 1. The lowest BCUT2D eigenvalue weighted by Gasteiger charge is -2.26. The molecule has 0 saturated carbocycles. The Hall–Kier alpha value is -2.91. The van der Waals surface area contributed by atoms with E-state index in [-0.39, 0.29) is 22.5 Å². The lowest BCUT2D eigenvalue weighted by atomic mass is 10.0. The minimum absolute atomic E-state index is 0.0175. The topological polar surface area (TPSA) is 88.6 Å². The highest BCUT2D eigenvalue weighted by molar-refractivity contribution is 7.93. The van der Waals surface area contributed by atoms with E-state index in [1.54, 1.807) is 35.5 Å². The van der Waals surface area contributed by atoms with Gasteiger partial charge in [0.25, 0.3) is 15.9 Å². The Morgan fingerprint density at radius 3 is 2.60 bits per heavy atom. The number of thiazole rings is 1. The number of nitrogens with zero attached hydrogens (tertiary/aromatic N) is 2. The SMILES string of the molecule is CC(C)c1ccc(S(=O)(=O)Nc2nc(-c3ccc4c(c3)N(C)C(=O)CO4)cs2)cc1. The smallest absolute Gasteiger partial charge is 0.264 e. The Kier molecular flexibility index (Phi) is 5.25. The van der Waals surface area contributed by atoms with Crippen LogP contribution in [0.25, 0.3) is 11.3 Å². The summed E-state index contributed by atoms with van der Waals surface area (Å²) in [5.74, 6) is 0.823. The first-order valence-electron chi connectivity index (χ1n) is 9.36. The fourth-order valence-electron chi connectivity index (χ4n) is 3.09. The molecular formula is C21H21N3O4S2. The fourth-order valence-corrected chi connectivity index (χ4v) is 5.06. The Balaban J connectivity index is 1.57. The molecule has 30 heavy (non-hydrogen) atoms. The van der Waals surface area contributed by atoms with Crippen LogP contribution in [0.4, 0.5) is 10.8 Å². The molecule has 0 spiro atoms. The van der Waals surface area contributed by atoms with Crippen LogP contribution in [-0.4, -0.2) is 33.0 Å². The van der Waals surface area contributed by atoms with Gasteiger partial charge in [-0.25, -0.2) is 13.4 Å². The lowest BCUT2D eigenvalue weighted by molar-refractivity contribution is -0.120. The van der Waals surface area contributed by atoms with Crippen LogP contribution in [0.1, 0.15) is 25.3 Å². The zero-order valence-electron chi connectivity index (χ0n) is 16.7. The van der Waals surface area contributed by atoms with E-state index in [0.29, 0.717) is 23.0 Å². The Morgan fingerprint density at radius 1 is 1.17 bits per heavy atom. The normalized spacial score (nSPS) is 13.9. The second-order valence-electron chi connectivity index (χ2n) is 7.29. The molecule has 9 heteroatoms. The van der Waals surface area contributed by atoms with Crippen molar-refractivity contribution in [3.05, 3.63) is 53.4 Å². The summed E-state index contributed by atoms with van der Waals surface area (Å²) in [6, 6.07) is 12.3. The molecule has 1 N–H and O–H groups in total. The molecule has 3 aromatic rings. The summed E-state index contributed by atoms with van der Waals surface area (Å²) in [4.78, 5) is 18.0. The van der Waals surface area contributed by atoms with E-state index in [2.05, 4.69) is 23.6 Å². The van der Waals surface area contributed by atoms with Gasteiger partial charge in [-0.3, -0.25) is 9.52 Å². The average Bonchev–Trinajstić information content (AvgIpc) is 3.18. The highest BCUT2D eigenvalue weighted by Gasteiger charge is 2.23. The molecule has 0 saturated heterocycles. The lowest BCUT2D eigenvalue weighted by Crippen LogP contribution is -2.35. The highest BCUT2D eigenvalue weighted by Crippen LogP contribution is 2.36. The van der Waals surface area contributed by atoms with Crippen LogP contribution in [0.2, 0.25) is 0 Å². The molecule has 0 radical (unpaired) electrons. The van der Waals surface area contributed by atoms with E-state index in [4.69, 9.17) is 4.74 Å². The molecule has 1 amide bonds. The van der Waals surface area contributed by atoms with E-state index in [1.807, 2.05) is 24.3 Å². The van der Waals surface area contributed by atoms with E-state index in [9.17, 15) is 13.2 Å². The third kappa shape index (κ3) is 3.90. The van der Waals surface area contributed by atoms with Gasteiger partial charge in [-0.2, -0.15) is 0 Å². The van der Waals surface area contributed by atoms with Gasteiger partial charge in [-0.15, -0.1) is 11.3 Å². The summed E-state index contributed by atoms with van der Waals surface area (Å²) in [6.45, 7) is 4.13. The van der Waals surface area contributed by atoms with Crippen molar-refractivity contribution in [2.45, 2.75) is 24.7 Å². The van der Waals surface area contributed by atoms with Crippen LogP contribution < -0.4 is 14.4 Å². The van der Waals surface area contributed by atoms with Crippen LogP contribution in [-0.2, 0) is 14.8 Å². The van der Waals surface area contributed by atoms with Crippen LogP contribution in [0.5, 0.6) is 5.75 Å². The van der Waals surface area contributed by atoms with Gasteiger partial charge in [0.15, 0.2) is 11.7 Å². The molecule has 2 aromatic carbocycles. The van der Waals surface area contributed by atoms with Crippen molar-refractivity contribution in [1.29, 1.82) is 0 Å². The van der Waals surface area contributed by atoms with Crippen molar-refractivity contribution in [3.8, 4) is 17.0 Å². The number of amides is 1. The number of rotatable bonds is 5. The molecule has 1 aliphatic heterocycles. The van der Waals surface area contributed by atoms with Crippen LogP contribution >= 0.6 is 11.3 Å². The van der Waals surface area contributed by atoms with Crippen LogP contribution in [0.15, 0.2) is 52.7 Å². The van der Waals surface area contributed by atoms with Gasteiger partial charge in [0.2, 0.25) is 0 Å². The average molecular weight is 444 g/mol. The third-order valence-corrected chi connectivity index (χ3v) is 7.17. The number of hydrogen-bond acceptors (Lipinski definition) is 6. The van der Waals surface area contributed by atoms with Gasteiger partial charge in [0.1, 0.15) is 5.75 Å². The molecule has 156 valence electrons. The largest absolute Gasteiger partial charge is 0.482 e.